The molecule has 1 unspecified atom stereocenters. The molecule has 0 amide bonds. The fourth-order valence-corrected chi connectivity index (χ4v) is 1.84. The Kier molecular flexibility index (Phi) is 3.04. The van der Waals surface area contributed by atoms with Gasteiger partial charge in [-0.1, -0.05) is 17.3 Å². The van der Waals surface area contributed by atoms with Crippen molar-refractivity contribution in [2.75, 3.05) is 19.7 Å². The second-order valence-electron chi connectivity index (χ2n) is 4.00. The number of nitrogens with zero attached hydrogens (tertiary/aromatic N) is 2. The number of halogens is 1. The van der Waals surface area contributed by atoms with Gasteiger partial charge in [-0.3, -0.25) is 0 Å². The van der Waals surface area contributed by atoms with Crippen LogP contribution in [0.4, 0.5) is 4.39 Å². The fourth-order valence-electron chi connectivity index (χ4n) is 1.84. The molecular formula is C12H12FN3O2. The molecule has 1 saturated heterocycles. The van der Waals surface area contributed by atoms with Gasteiger partial charge in [0.25, 0.3) is 5.89 Å². The molecule has 1 aromatic carbocycles. The molecule has 2 aromatic rings. The van der Waals surface area contributed by atoms with Crippen LogP contribution < -0.4 is 5.32 Å². The molecule has 3 rings (SSSR count). The van der Waals surface area contributed by atoms with Crippen LogP contribution in [0.1, 0.15) is 11.9 Å². The zero-order valence-electron chi connectivity index (χ0n) is 9.60. The van der Waals surface area contributed by atoms with Crippen LogP contribution in [0, 0.1) is 5.82 Å². The Hall–Kier alpha value is -1.79. The normalized spacial score (nSPS) is 19.9. The van der Waals surface area contributed by atoms with E-state index < -0.39 is 0 Å². The van der Waals surface area contributed by atoms with E-state index in [0.29, 0.717) is 24.5 Å². The van der Waals surface area contributed by atoms with Gasteiger partial charge in [0.05, 0.1) is 12.2 Å². The molecule has 94 valence electrons. The highest BCUT2D eigenvalue weighted by atomic mass is 19.1. The largest absolute Gasteiger partial charge is 0.367 e. The molecule has 1 aromatic heterocycles. The van der Waals surface area contributed by atoms with Gasteiger partial charge in [-0.15, -0.1) is 0 Å². The second-order valence-corrected chi connectivity index (χ2v) is 4.00. The molecule has 1 aliphatic rings. The molecule has 0 spiro atoms. The minimum Gasteiger partial charge on any atom is -0.367 e. The molecule has 0 bridgehead atoms. The van der Waals surface area contributed by atoms with E-state index >= 15 is 0 Å². The van der Waals surface area contributed by atoms with E-state index in [4.69, 9.17) is 9.26 Å². The van der Waals surface area contributed by atoms with Crippen LogP contribution in [-0.2, 0) is 4.74 Å². The number of rotatable bonds is 2. The van der Waals surface area contributed by atoms with Gasteiger partial charge in [-0.25, -0.2) is 4.39 Å². The number of hydrogen-bond donors (Lipinski definition) is 1. The Morgan fingerprint density at radius 2 is 2.22 bits per heavy atom. The lowest BCUT2D eigenvalue weighted by atomic mass is 10.2. The Labute approximate surface area is 103 Å². The number of morpholine rings is 1. The molecule has 0 radical (unpaired) electrons. The van der Waals surface area contributed by atoms with Crippen LogP contribution >= 0.6 is 0 Å². The van der Waals surface area contributed by atoms with Crippen LogP contribution in [0.3, 0.4) is 0 Å². The van der Waals surface area contributed by atoms with Crippen LogP contribution in [0.2, 0.25) is 0 Å². The number of hydrogen-bond acceptors (Lipinski definition) is 5. The van der Waals surface area contributed by atoms with Crippen molar-refractivity contribution in [3.63, 3.8) is 0 Å². The summed E-state index contributed by atoms with van der Waals surface area (Å²) in [5.74, 6) is 0.244. The van der Waals surface area contributed by atoms with Gasteiger partial charge in [0.15, 0.2) is 0 Å². The number of aromatic nitrogens is 2. The first-order valence-electron chi connectivity index (χ1n) is 5.75. The molecule has 0 aliphatic carbocycles. The number of nitrogens with one attached hydrogen (secondary N) is 1. The maximum atomic E-state index is 13.6. The first kappa shape index (κ1) is 11.3. The van der Waals surface area contributed by atoms with Gasteiger partial charge in [0.1, 0.15) is 11.9 Å². The number of benzene rings is 1. The van der Waals surface area contributed by atoms with Crippen molar-refractivity contribution in [1.29, 1.82) is 0 Å². The van der Waals surface area contributed by atoms with E-state index in [2.05, 4.69) is 15.5 Å². The Morgan fingerprint density at radius 3 is 3.00 bits per heavy atom. The molecule has 1 N–H and O–H groups in total. The summed E-state index contributed by atoms with van der Waals surface area (Å²) in [5, 5.41) is 7.01. The van der Waals surface area contributed by atoms with Crippen LogP contribution in [0.5, 0.6) is 0 Å². The predicted molar refractivity (Wildman–Crippen MR) is 61.3 cm³/mol. The van der Waals surface area contributed by atoms with Crippen molar-refractivity contribution in [3.05, 3.63) is 35.9 Å². The third kappa shape index (κ3) is 2.12. The van der Waals surface area contributed by atoms with Gasteiger partial charge in [0.2, 0.25) is 5.82 Å². The summed E-state index contributed by atoms with van der Waals surface area (Å²) in [5.41, 5.74) is 0.306. The summed E-state index contributed by atoms with van der Waals surface area (Å²) in [4.78, 5) is 4.18. The summed E-state index contributed by atoms with van der Waals surface area (Å²) in [6, 6.07) is 6.30. The summed E-state index contributed by atoms with van der Waals surface area (Å²) in [6.07, 6.45) is -0.233. The van der Waals surface area contributed by atoms with Crippen molar-refractivity contribution >= 4 is 0 Å². The van der Waals surface area contributed by atoms with E-state index in [-0.39, 0.29) is 17.8 Å². The highest BCUT2D eigenvalue weighted by Gasteiger charge is 2.22. The molecule has 1 fully saturated rings. The maximum Gasteiger partial charge on any atom is 0.260 e. The second kappa shape index (κ2) is 4.83. The SMILES string of the molecule is Fc1ccccc1-c1nc(C2CNCCO2)no1. The molecule has 2 heterocycles. The lowest BCUT2D eigenvalue weighted by molar-refractivity contribution is 0.0208. The van der Waals surface area contributed by atoms with E-state index in [9.17, 15) is 4.39 Å². The molecular weight excluding hydrogens is 237 g/mol. The highest BCUT2D eigenvalue weighted by Crippen LogP contribution is 2.23. The monoisotopic (exact) mass is 249 g/mol. The molecule has 5 nitrogen and oxygen atoms in total. The van der Waals surface area contributed by atoms with Crippen molar-refractivity contribution in [1.82, 2.24) is 15.5 Å². The molecule has 0 saturated carbocycles. The Balaban J connectivity index is 1.87. The van der Waals surface area contributed by atoms with Crippen molar-refractivity contribution in [3.8, 4) is 11.5 Å². The van der Waals surface area contributed by atoms with Crippen LogP contribution in [-0.4, -0.2) is 29.8 Å². The van der Waals surface area contributed by atoms with Gasteiger partial charge in [-0.05, 0) is 12.1 Å². The third-order valence-electron chi connectivity index (χ3n) is 2.76. The molecule has 1 atom stereocenters. The van der Waals surface area contributed by atoms with Crippen molar-refractivity contribution in [2.45, 2.75) is 6.10 Å². The zero-order chi connectivity index (χ0) is 12.4. The minimum atomic E-state index is -0.379. The Morgan fingerprint density at radius 1 is 1.33 bits per heavy atom. The first-order chi connectivity index (χ1) is 8.84. The third-order valence-corrected chi connectivity index (χ3v) is 2.76. The number of ether oxygens (including phenoxy) is 1. The standard InChI is InChI=1S/C12H12FN3O2/c13-9-4-2-1-3-8(9)12-15-11(16-18-12)10-7-14-5-6-17-10/h1-4,10,14H,5-7H2. The maximum absolute atomic E-state index is 13.6. The van der Waals surface area contributed by atoms with Crippen molar-refractivity contribution < 1.29 is 13.7 Å². The summed E-state index contributed by atoms with van der Waals surface area (Å²) in [7, 11) is 0. The average molecular weight is 249 g/mol. The lowest BCUT2D eigenvalue weighted by Gasteiger charge is -2.20. The quantitative estimate of drug-likeness (QED) is 0.874. The molecule has 18 heavy (non-hydrogen) atoms. The van der Waals surface area contributed by atoms with Crippen LogP contribution in [0.15, 0.2) is 28.8 Å². The topological polar surface area (TPSA) is 60.2 Å². The summed E-state index contributed by atoms with van der Waals surface area (Å²) >= 11 is 0. The fraction of sp³-hybridized carbons (Fsp3) is 0.333. The van der Waals surface area contributed by atoms with E-state index in [0.717, 1.165) is 6.54 Å². The van der Waals surface area contributed by atoms with Gasteiger partial charge in [-0.2, -0.15) is 4.98 Å². The summed E-state index contributed by atoms with van der Waals surface area (Å²) < 4.78 is 24.1. The van der Waals surface area contributed by atoms with Gasteiger partial charge >= 0.3 is 0 Å². The van der Waals surface area contributed by atoms with Gasteiger partial charge in [0, 0.05) is 13.1 Å². The average Bonchev–Trinajstić information content (AvgIpc) is 2.90. The Bertz CT molecular complexity index is 538. The van der Waals surface area contributed by atoms with Crippen LogP contribution in [0.25, 0.3) is 11.5 Å². The zero-order valence-corrected chi connectivity index (χ0v) is 9.60. The smallest absolute Gasteiger partial charge is 0.260 e. The van der Waals surface area contributed by atoms with E-state index in [1.54, 1.807) is 18.2 Å². The van der Waals surface area contributed by atoms with Gasteiger partial charge < -0.3 is 14.6 Å². The molecule has 6 heteroatoms. The minimum absolute atomic E-state index is 0.178. The first-order valence-corrected chi connectivity index (χ1v) is 5.75. The van der Waals surface area contributed by atoms with E-state index in [1.807, 2.05) is 0 Å². The molecule has 1 aliphatic heterocycles. The van der Waals surface area contributed by atoms with E-state index in [1.165, 1.54) is 6.07 Å². The predicted octanol–water partition coefficient (Wildman–Crippen LogP) is 1.54. The van der Waals surface area contributed by atoms with Crippen molar-refractivity contribution in [2.24, 2.45) is 0 Å². The lowest BCUT2D eigenvalue weighted by Crippen LogP contribution is -2.33. The highest BCUT2D eigenvalue weighted by molar-refractivity contribution is 5.53. The summed E-state index contributed by atoms with van der Waals surface area (Å²) in [6.45, 7) is 2.05.